The van der Waals surface area contributed by atoms with Gasteiger partial charge in [-0.3, -0.25) is 9.59 Å². The Bertz CT molecular complexity index is 970. The number of hydrogen-bond acceptors (Lipinski definition) is 4. The molecule has 2 aliphatic heterocycles. The first-order valence-corrected chi connectivity index (χ1v) is 9.54. The van der Waals surface area contributed by atoms with Gasteiger partial charge in [-0.15, -0.1) is 0 Å². The molecule has 29 heavy (non-hydrogen) atoms. The van der Waals surface area contributed by atoms with Gasteiger partial charge in [-0.05, 0) is 53.9 Å². The molecule has 4 rings (SSSR count). The number of carbonyl (C=O) groups excluding carboxylic acids is 2. The van der Waals surface area contributed by atoms with E-state index in [1.54, 1.807) is 41.2 Å². The Labute approximate surface area is 168 Å². The zero-order chi connectivity index (χ0) is 20.5. The van der Waals surface area contributed by atoms with Gasteiger partial charge < -0.3 is 19.6 Å². The van der Waals surface area contributed by atoms with Gasteiger partial charge >= 0.3 is 5.97 Å². The van der Waals surface area contributed by atoms with Crippen molar-refractivity contribution in [1.82, 2.24) is 4.90 Å². The molecule has 0 aromatic heterocycles. The van der Waals surface area contributed by atoms with Crippen molar-refractivity contribution in [3.63, 3.8) is 0 Å². The highest BCUT2D eigenvalue weighted by atomic mass is 16.5. The van der Waals surface area contributed by atoms with Crippen LogP contribution in [0.3, 0.4) is 0 Å². The summed E-state index contributed by atoms with van der Waals surface area (Å²) in [5.74, 6) is -0.790. The molecule has 2 aromatic rings. The molecule has 7 heteroatoms. The lowest BCUT2D eigenvalue weighted by Gasteiger charge is -2.31. The van der Waals surface area contributed by atoms with Crippen LogP contribution >= 0.6 is 0 Å². The fourth-order valence-electron chi connectivity index (χ4n) is 4.02. The maximum absolute atomic E-state index is 13.1. The molecular formula is C22H22N2O5. The third kappa shape index (κ3) is 3.68. The van der Waals surface area contributed by atoms with Gasteiger partial charge in [-0.25, -0.2) is 4.79 Å². The number of benzene rings is 2. The Kier molecular flexibility index (Phi) is 4.96. The van der Waals surface area contributed by atoms with Gasteiger partial charge in [0.1, 0.15) is 5.75 Å². The summed E-state index contributed by atoms with van der Waals surface area (Å²) in [7, 11) is 1.58. The summed E-state index contributed by atoms with van der Waals surface area (Å²) in [4.78, 5) is 40.2. The summed E-state index contributed by atoms with van der Waals surface area (Å²) in [6.45, 7) is 1.30. The fraction of sp³-hybridized carbons (Fsp3) is 0.318. The molecule has 1 N–H and O–H groups in total. The van der Waals surface area contributed by atoms with Crippen LogP contribution in [0.15, 0.2) is 42.5 Å². The number of carbonyl (C=O) groups is 3. The number of fused-ring (bicyclic) bond motifs is 1. The first-order valence-electron chi connectivity index (χ1n) is 9.54. The minimum Gasteiger partial charge on any atom is -0.497 e. The zero-order valence-corrected chi connectivity index (χ0v) is 16.1. The van der Waals surface area contributed by atoms with Crippen molar-refractivity contribution in [3.05, 3.63) is 59.2 Å². The second-order valence-electron chi connectivity index (χ2n) is 7.40. The summed E-state index contributed by atoms with van der Waals surface area (Å²) >= 11 is 0. The van der Waals surface area contributed by atoms with Crippen LogP contribution in [0.1, 0.15) is 27.9 Å². The lowest BCUT2D eigenvalue weighted by Crippen LogP contribution is -2.40. The Morgan fingerprint density at radius 1 is 1.10 bits per heavy atom. The monoisotopic (exact) mass is 394 g/mol. The summed E-state index contributed by atoms with van der Waals surface area (Å²) in [6, 6.07) is 12.3. The predicted octanol–water partition coefficient (Wildman–Crippen LogP) is 2.33. The van der Waals surface area contributed by atoms with Gasteiger partial charge in [0.05, 0.1) is 18.6 Å². The summed E-state index contributed by atoms with van der Waals surface area (Å²) in [5.41, 5.74) is 2.91. The molecule has 1 atom stereocenters. The van der Waals surface area contributed by atoms with Gasteiger partial charge in [0.2, 0.25) is 11.8 Å². The highest BCUT2D eigenvalue weighted by molar-refractivity contribution is 6.00. The zero-order valence-electron chi connectivity index (χ0n) is 16.1. The van der Waals surface area contributed by atoms with E-state index in [2.05, 4.69) is 0 Å². The third-order valence-corrected chi connectivity index (χ3v) is 5.64. The molecule has 7 nitrogen and oxygen atoms in total. The Hall–Kier alpha value is -3.35. The van der Waals surface area contributed by atoms with Crippen molar-refractivity contribution >= 4 is 23.5 Å². The smallest absolute Gasteiger partial charge is 0.335 e. The van der Waals surface area contributed by atoms with Crippen LogP contribution in [0.5, 0.6) is 5.75 Å². The summed E-state index contributed by atoms with van der Waals surface area (Å²) in [5, 5.41) is 9.20. The van der Waals surface area contributed by atoms with E-state index in [1.165, 1.54) is 0 Å². The van der Waals surface area contributed by atoms with E-state index in [9.17, 15) is 19.5 Å². The molecule has 0 radical (unpaired) electrons. The number of nitrogens with zero attached hydrogens (tertiary/aromatic N) is 2. The lowest BCUT2D eigenvalue weighted by atomic mass is 9.96. The number of carboxylic acids is 1. The molecule has 0 saturated carbocycles. The molecule has 1 fully saturated rings. The van der Waals surface area contributed by atoms with Gasteiger partial charge in [-0.1, -0.05) is 6.07 Å². The van der Waals surface area contributed by atoms with E-state index in [0.717, 1.165) is 16.8 Å². The SMILES string of the molecule is COc1ccc(N2CC(C(=O)N3CCc4ccc(C(=O)O)cc4C3)CC2=O)cc1. The van der Waals surface area contributed by atoms with Crippen LogP contribution in [0.25, 0.3) is 0 Å². The average molecular weight is 394 g/mol. The molecule has 150 valence electrons. The van der Waals surface area contributed by atoms with Crippen LogP contribution in [0.2, 0.25) is 0 Å². The van der Waals surface area contributed by atoms with E-state index >= 15 is 0 Å². The number of rotatable bonds is 4. The molecule has 2 heterocycles. The number of amides is 2. The topological polar surface area (TPSA) is 87.2 Å². The van der Waals surface area contributed by atoms with Crippen LogP contribution in [0.4, 0.5) is 5.69 Å². The number of aromatic carboxylic acids is 1. The van der Waals surface area contributed by atoms with Crippen molar-refractivity contribution < 1.29 is 24.2 Å². The predicted molar refractivity (Wildman–Crippen MR) is 106 cm³/mol. The Balaban J connectivity index is 1.47. The molecule has 1 saturated heterocycles. The molecule has 0 aliphatic carbocycles. The Morgan fingerprint density at radius 3 is 2.55 bits per heavy atom. The summed E-state index contributed by atoms with van der Waals surface area (Å²) in [6.07, 6.45) is 0.868. The number of ether oxygens (including phenoxy) is 1. The highest BCUT2D eigenvalue weighted by Crippen LogP contribution is 2.29. The molecular weight excluding hydrogens is 372 g/mol. The minimum absolute atomic E-state index is 0.0549. The van der Waals surface area contributed by atoms with Gasteiger partial charge in [-0.2, -0.15) is 0 Å². The Morgan fingerprint density at radius 2 is 1.86 bits per heavy atom. The number of hydrogen-bond donors (Lipinski definition) is 1. The maximum atomic E-state index is 13.1. The van der Waals surface area contributed by atoms with E-state index in [1.807, 2.05) is 18.2 Å². The van der Waals surface area contributed by atoms with E-state index in [0.29, 0.717) is 31.8 Å². The van der Waals surface area contributed by atoms with Crippen molar-refractivity contribution in [1.29, 1.82) is 0 Å². The average Bonchev–Trinajstić information content (AvgIpc) is 3.14. The fourth-order valence-corrected chi connectivity index (χ4v) is 4.02. The second-order valence-corrected chi connectivity index (χ2v) is 7.40. The number of methoxy groups -OCH3 is 1. The normalized spacial score (nSPS) is 18.5. The molecule has 0 bridgehead atoms. The standard InChI is InChI=1S/C22H22N2O5/c1-29-19-6-4-18(5-7-19)24-13-17(11-20(24)25)21(26)23-9-8-14-2-3-15(22(27)28)10-16(14)12-23/h2-7,10,17H,8-9,11-13H2,1H3,(H,27,28). The van der Waals surface area contributed by atoms with E-state index in [-0.39, 0.29) is 23.8 Å². The van der Waals surface area contributed by atoms with Crippen molar-refractivity contribution in [2.45, 2.75) is 19.4 Å². The van der Waals surface area contributed by atoms with Gasteiger partial charge in [0, 0.05) is 31.7 Å². The van der Waals surface area contributed by atoms with Crippen LogP contribution < -0.4 is 9.64 Å². The van der Waals surface area contributed by atoms with Crippen LogP contribution in [-0.2, 0) is 22.6 Å². The van der Waals surface area contributed by atoms with Crippen molar-refractivity contribution in [2.24, 2.45) is 5.92 Å². The van der Waals surface area contributed by atoms with Crippen LogP contribution in [-0.4, -0.2) is 48.0 Å². The number of carboxylic acid groups (broad SMARTS) is 1. The van der Waals surface area contributed by atoms with E-state index < -0.39 is 11.9 Å². The first-order chi connectivity index (χ1) is 14.0. The molecule has 0 spiro atoms. The van der Waals surface area contributed by atoms with Crippen molar-refractivity contribution in [2.75, 3.05) is 25.1 Å². The third-order valence-electron chi connectivity index (χ3n) is 5.64. The quantitative estimate of drug-likeness (QED) is 0.860. The lowest BCUT2D eigenvalue weighted by molar-refractivity contribution is -0.136. The molecule has 2 amide bonds. The second kappa shape index (κ2) is 7.58. The number of anilines is 1. The molecule has 2 aromatic carbocycles. The molecule has 2 aliphatic rings. The highest BCUT2D eigenvalue weighted by Gasteiger charge is 2.38. The first kappa shape index (κ1) is 19.0. The molecule has 1 unspecified atom stereocenters. The van der Waals surface area contributed by atoms with Gasteiger partial charge in [0.25, 0.3) is 0 Å². The van der Waals surface area contributed by atoms with Gasteiger partial charge in [0.15, 0.2) is 0 Å². The summed E-state index contributed by atoms with van der Waals surface area (Å²) < 4.78 is 5.15. The van der Waals surface area contributed by atoms with Crippen molar-refractivity contribution in [3.8, 4) is 5.75 Å². The van der Waals surface area contributed by atoms with E-state index in [4.69, 9.17) is 4.74 Å². The largest absolute Gasteiger partial charge is 0.497 e. The minimum atomic E-state index is -0.979. The maximum Gasteiger partial charge on any atom is 0.335 e. The van der Waals surface area contributed by atoms with Crippen LogP contribution in [0, 0.1) is 5.92 Å².